The largest absolute Gasteiger partial charge is 0.453 e. The predicted octanol–water partition coefficient (Wildman–Crippen LogP) is 2.05. The van der Waals surface area contributed by atoms with Gasteiger partial charge in [0.25, 0.3) is 5.91 Å². The summed E-state index contributed by atoms with van der Waals surface area (Å²) in [6.45, 7) is 1.23. The molecule has 0 bridgehead atoms. The lowest BCUT2D eigenvalue weighted by Crippen LogP contribution is -2.39. The number of carbonyl (C=O) groups is 3. The molecule has 1 rings (SSSR count). The van der Waals surface area contributed by atoms with Crippen LogP contribution in [0.15, 0.2) is 0 Å². The number of pyridine rings is 1. The van der Waals surface area contributed by atoms with Crippen molar-refractivity contribution in [3.63, 3.8) is 0 Å². The summed E-state index contributed by atoms with van der Waals surface area (Å²) in [6, 6.07) is 0. The number of amides is 2. The zero-order valence-corrected chi connectivity index (χ0v) is 13.5. The van der Waals surface area contributed by atoms with Gasteiger partial charge in [-0.15, -0.1) is 0 Å². The molecule has 0 aliphatic carbocycles. The summed E-state index contributed by atoms with van der Waals surface area (Å²) in [5, 5.41) is 1.21. The molecule has 1 heterocycles. The van der Waals surface area contributed by atoms with Crippen molar-refractivity contribution in [2.75, 3.05) is 12.8 Å². The molecule has 3 N–H and O–H groups in total. The molecule has 1 aromatic heterocycles. The lowest BCUT2D eigenvalue weighted by Gasteiger charge is -2.13. The summed E-state index contributed by atoms with van der Waals surface area (Å²) in [5.41, 5.74) is 5.00. The molecule has 0 saturated carbocycles. The number of aromatic nitrogens is 1. The van der Waals surface area contributed by atoms with Gasteiger partial charge in [0.2, 0.25) is 0 Å². The average Bonchev–Trinajstić information content (AvgIpc) is 2.48. The monoisotopic (exact) mass is 369 g/mol. The number of carbonyl (C=O) groups excluding carboxylic acids is 3. The summed E-state index contributed by atoms with van der Waals surface area (Å²) >= 11 is 17.2. The van der Waals surface area contributed by atoms with Crippen molar-refractivity contribution in [3.8, 4) is 0 Å². The molecular weight excluding hydrogens is 360 g/mol. The van der Waals surface area contributed by atoms with Gasteiger partial charge in [-0.25, -0.2) is 14.6 Å². The van der Waals surface area contributed by atoms with Crippen molar-refractivity contribution < 1.29 is 23.9 Å². The van der Waals surface area contributed by atoms with E-state index in [4.69, 9.17) is 45.3 Å². The summed E-state index contributed by atoms with van der Waals surface area (Å²) < 4.78 is 9.04. The summed E-state index contributed by atoms with van der Waals surface area (Å²) in [4.78, 5) is 38.0. The van der Waals surface area contributed by atoms with Crippen molar-refractivity contribution in [2.45, 2.75) is 13.0 Å². The van der Waals surface area contributed by atoms with Gasteiger partial charge < -0.3 is 15.2 Å². The lowest BCUT2D eigenvalue weighted by atomic mass is 10.3. The first-order chi connectivity index (χ1) is 10.2. The first-order valence-corrected chi connectivity index (χ1v) is 6.72. The van der Waals surface area contributed by atoms with Crippen LogP contribution in [0.5, 0.6) is 0 Å². The van der Waals surface area contributed by atoms with E-state index in [1.807, 2.05) is 5.32 Å². The molecule has 0 spiro atoms. The van der Waals surface area contributed by atoms with Crippen LogP contribution in [0.25, 0.3) is 0 Å². The Bertz CT molecular complexity index is 638. The normalized spacial score (nSPS) is 11.5. The van der Waals surface area contributed by atoms with E-state index in [0.29, 0.717) is 0 Å². The van der Waals surface area contributed by atoms with Crippen molar-refractivity contribution in [1.29, 1.82) is 0 Å². The number of hydrogen-bond donors (Lipinski definition) is 2. The Balaban J connectivity index is 2.90. The zero-order valence-electron chi connectivity index (χ0n) is 11.3. The van der Waals surface area contributed by atoms with Gasteiger partial charge in [0.1, 0.15) is 5.02 Å². The second-order valence-corrected chi connectivity index (χ2v) is 4.94. The summed E-state index contributed by atoms with van der Waals surface area (Å²) in [6.07, 6.45) is -2.32. The summed E-state index contributed by atoms with van der Waals surface area (Å²) in [5.74, 6) is -1.97. The molecule has 0 aliphatic heterocycles. The van der Waals surface area contributed by atoms with Crippen LogP contribution >= 0.6 is 34.8 Å². The number of nitrogens with one attached hydrogen (secondary N) is 1. The first kappa shape index (κ1) is 18.3. The Morgan fingerprint density at radius 1 is 1.23 bits per heavy atom. The highest BCUT2D eigenvalue weighted by molar-refractivity contribution is 6.46. The SMILES string of the molecule is COC(=O)NC(=O)[C@H](C)OC(=O)c1nc(Cl)c(Cl)c(N)c1Cl. The van der Waals surface area contributed by atoms with Crippen molar-refractivity contribution in [3.05, 3.63) is 20.9 Å². The molecule has 0 radical (unpaired) electrons. The van der Waals surface area contributed by atoms with Gasteiger partial charge in [-0.05, 0) is 6.92 Å². The Kier molecular flexibility index (Phi) is 6.21. The van der Waals surface area contributed by atoms with E-state index in [1.165, 1.54) is 6.92 Å². The number of anilines is 1. The average molecular weight is 371 g/mol. The van der Waals surface area contributed by atoms with Crippen LogP contribution in [0.4, 0.5) is 10.5 Å². The highest BCUT2D eigenvalue weighted by Crippen LogP contribution is 2.34. The number of nitrogens with zero attached hydrogens (tertiary/aromatic N) is 1. The Morgan fingerprint density at radius 3 is 2.36 bits per heavy atom. The van der Waals surface area contributed by atoms with Gasteiger partial charge >= 0.3 is 12.1 Å². The maximum atomic E-state index is 11.9. The zero-order chi connectivity index (χ0) is 17.0. The number of nitrogens with two attached hydrogens (primary N) is 1. The smallest absolute Gasteiger partial charge is 0.413 e. The third-order valence-corrected chi connectivity index (χ3v) is 3.46. The van der Waals surface area contributed by atoms with Crippen LogP contribution in [-0.4, -0.2) is 36.2 Å². The molecule has 0 unspecified atom stereocenters. The molecule has 120 valence electrons. The second kappa shape index (κ2) is 7.48. The maximum absolute atomic E-state index is 11.9. The van der Waals surface area contributed by atoms with Crippen LogP contribution in [0.2, 0.25) is 15.2 Å². The van der Waals surface area contributed by atoms with E-state index in [2.05, 4.69) is 9.72 Å². The minimum atomic E-state index is -1.32. The molecule has 0 aromatic carbocycles. The van der Waals surface area contributed by atoms with Crippen LogP contribution in [0.3, 0.4) is 0 Å². The third-order valence-electron chi connectivity index (χ3n) is 2.33. The number of imide groups is 1. The molecule has 1 atom stereocenters. The standard InChI is InChI=1S/C11H10Cl3N3O5/c1-3(9(18)17-11(20)21-2)22-10(19)7-4(12)6(15)5(13)8(14)16-7/h3H,1-2H3,(H2,15,16)(H,17,18,20)/t3-/m0/s1. The van der Waals surface area contributed by atoms with Gasteiger partial charge in [0, 0.05) is 0 Å². The minimum Gasteiger partial charge on any atom is -0.453 e. The third kappa shape index (κ3) is 4.12. The molecule has 0 saturated heterocycles. The topological polar surface area (TPSA) is 121 Å². The summed E-state index contributed by atoms with van der Waals surface area (Å²) in [7, 11) is 1.07. The molecule has 8 nitrogen and oxygen atoms in total. The lowest BCUT2D eigenvalue weighted by molar-refractivity contribution is -0.128. The number of nitrogen functional groups attached to an aromatic ring is 1. The van der Waals surface area contributed by atoms with Crippen LogP contribution < -0.4 is 11.1 Å². The van der Waals surface area contributed by atoms with E-state index in [9.17, 15) is 14.4 Å². The van der Waals surface area contributed by atoms with E-state index >= 15 is 0 Å². The number of halogens is 3. The fourth-order valence-electron chi connectivity index (χ4n) is 1.19. The number of ether oxygens (including phenoxy) is 2. The Morgan fingerprint density at radius 2 is 1.82 bits per heavy atom. The number of methoxy groups -OCH3 is 1. The number of alkyl carbamates (subject to hydrolysis) is 1. The van der Waals surface area contributed by atoms with Gasteiger partial charge in [0.05, 0.1) is 17.8 Å². The number of hydrogen-bond acceptors (Lipinski definition) is 7. The van der Waals surface area contributed by atoms with Crippen LogP contribution in [0, 0.1) is 0 Å². The highest BCUT2D eigenvalue weighted by Gasteiger charge is 2.25. The second-order valence-electron chi connectivity index (χ2n) is 3.82. The van der Waals surface area contributed by atoms with Gasteiger partial charge in [-0.2, -0.15) is 0 Å². The fourth-order valence-corrected chi connectivity index (χ4v) is 1.78. The van der Waals surface area contributed by atoms with E-state index in [-0.39, 0.29) is 20.9 Å². The predicted molar refractivity (Wildman–Crippen MR) is 79.1 cm³/mol. The van der Waals surface area contributed by atoms with E-state index < -0.39 is 29.8 Å². The van der Waals surface area contributed by atoms with Gasteiger partial charge in [-0.1, -0.05) is 34.8 Å². The van der Waals surface area contributed by atoms with E-state index in [1.54, 1.807) is 0 Å². The Hall–Kier alpha value is -1.77. The Labute approximate surface area is 139 Å². The van der Waals surface area contributed by atoms with Crippen molar-refractivity contribution in [1.82, 2.24) is 10.3 Å². The number of esters is 1. The molecule has 11 heteroatoms. The molecule has 2 amide bonds. The number of rotatable bonds is 3. The molecule has 1 aromatic rings. The maximum Gasteiger partial charge on any atom is 0.413 e. The van der Waals surface area contributed by atoms with Crippen LogP contribution in [0.1, 0.15) is 17.4 Å². The highest BCUT2D eigenvalue weighted by atomic mass is 35.5. The van der Waals surface area contributed by atoms with Crippen molar-refractivity contribution in [2.24, 2.45) is 0 Å². The molecular formula is C11H10Cl3N3O5. The quantitative estimate of drug-likeness (QED) is 0.617. The molecule has 22 heavy (non-hydrogen) atoms. The molecule has 0 fully saturated rings. The molecule has 0 aliphatic rings. The van der Waals surface area contributed by atoms with Crippen molar-refractivity contribution >= 4 is 58.5 Å². The van der Waals surface area contributed by atoms with E-state index in [0.717, 1.165) is 7.11 Å². The minimum absolute atomic E-state index is 0.111. The van der Waals surface area contributed by atoms with Crippen LogP contribution in [-0.2, 0) is 14.3 Å². The van der Waals surface area contributed by atoms with Gasteiger partial charge in [-0.3, -0.25) is 10.1 Å². The fraction of sp³-hybridized carbons (Fsp3) is 0.273. The van der Waals surface area contributed by atoms with Gasteiger partial charge in [0.15, 0.2) is 17.0 Å². The first-order valence-electron chi connectivity index (χ1n) is 5.58.